The Morgan fingerprint density at radius 3 is 1.36 bits per heavy atom. The molecule has 0 amide bonds. The summed E-state index contributed by atoms with van der Waals surface area (Å²) < 4.78 is 2.43. The lowest BCUT2D eigenvalue weighted by Crippen LogP contribution is -2.00. The van der Waals surface area contributed by atoms with Crippen LogP contribution in [-0.4, -0.2) is 15.0 Å². The predicted molar refractivity (Wildman–Crippen MR) is 231 cm³/mol. The van der Waals surface area contributed by atoms with Crippen molar-refractivity contribution in [3.8, 4) is 78.7 Å². The van der Waals surface area contributed by atoms with E-state index in [1.165, 1.54) is 53.7 Å². The number of rotatable bonds is 7. The van der Waals surface area contributed by atoms with Crippen LogP contribution in [0.1, 0.15) is 0 Å². The number of benzene rings is 8. The molecule has 0 atom stereocenters. The average Bonchev–Trinajstić information content (AvgIpc) is 3.65. The van der Waals surface area contributed by atoms with Crippen LogP contribution in [-0.2, 0) is 0 Å². The van der Waals surface area contributed by atoms with Crippen molar-refractivity contribution in [1.82, 2.24) is 15.0 Å². The van der Waals surface area contributed by atoms with Gasteiger partial charge in [0, 0.05) is 36.9 Å². The second-order valence-electron chi connectivity index (χ2n) is 13.6. The van der Waals surface area contributed by atoms with Gasteiger partial charge in [-0.1, -0.05) is 176 Å². The molecule has 8 aromatic carbocycles. The van der Waals surface area contributed by atoms with Gasteiger partial charge in [0.15, 0.2) is 17.5 Å². The number of fused-ring (bicyclic) bond motifs is 3. The quantitative estimate of drug-likeness (QED) is 0.165. The smallest absolute Gasteiger partial charge is 0.164 e. The third-order valence-corrected chi connectivity index (χ3v) is 11.3. The minimum atomic E-state index is 0.658. The van der Waals surface area contributed by atoms with Crippen molar-refractivity contribution in [3.63, 3.8) is 0 Å². The Kier molecular flexibility index (Phi) is 8.36. The maximum absolute atomic E-state index is 5.10. The Morgan fingerprint density at radius 1 is 0.273 bits per heavy atom. The van der Waals surface area contributed by atoms with Gasteiger partial charge in [-0.3, -0.25) is 0 Å². The molecular formula is C51H33N3S. The highest BCUT2D eigenvalue weighted by Gasteiger charge is 2.18. The fourth-order valence-corrected chi connectivity index (χ4v) is 8.66. The Bertz CT molecular complexity index is 2910. The molecule has 0 saturated carbocycles. The van der Waals surface area contributed by atoms with Gasteiger partial charge in [-0.05, 0) is 68.8 Å². The first-order chi connectivity index (χ1) is 27.3. The molecule has 0 saturated heterocycles. The van der Waals surface area contributed by atoms with Crippen LogP contribution < -0.4 is 0 Å². The molecule has 4 heteroatoms. The first-order valence-electron chi connectivity index (χ1n) is 18.4. The van der Waals surface area contributed by atoms with Crippen LogP contribution in [0.4, 0.5) is 0 Å². The maximum atomic E-state index is 5.10. The highest BCUT2D eigenvalue weighted by atomic mass is 32.1. The molecule has 0 spiro atoms. The number of hydrogen-bond donors (Lipinski definition) is 0. The van der Waals surface area contributed by atoms with Crippen molar-refractivity contribution in [2.75, 3.05) is 0 Å². The monoisotopic (exact) mass is 719 g/mol. The number of thiophene rings is 1. The molecule has 0 bridgehead atoms. The Hall–Kier alpha value is -7.01. The summed E-state index contributed by atoms with van der Waals surface area (Å²) in [5.74, 6) is 1.98. The van der Waals surface area contributed by atoms with E-state index in [-0.39, 0.29) is 0 Å². The van der Waals surface area contributed by atoms with Gasteiger partial charge in [-0.15, -0.1) is 11.3 Å². The van der Waals surface area contributed by atoms with E-state index in [2.05, 4.69) is 164 Å². The lowest BCUT2D eigenvalue weighted by atomic mass is 9.88. The highest BCUT2D eigenvalue weighted by Crippen LogP contribution is 2.43. The van der Waals surface area contributed by atoms with E-state index in [0.717, 1.165) is 27.6 Å². The Morgan fingerprint density at radius 2 is 0.727 bits per heavy atom. The Labute approximate surface area is 323 Å². The lowest BCUT2D eigenvalue weighted by molar-refractivity contribution is 1.08. The highest BCUT2D eigenvalue weighted by molar-refractivity contribution is 7.26. The van der Waals surface area contributed by atoms with Crippen molar-refractivity contribution in [1.29, 1.82) is 0 Å². The van der Waals surface area contributed by atoms with Crippen LogP contribution in [0.5, 0.6) is 0 Å². The molecule has 0 unspecified atom stereocenters. The molecule has 258 valence electrons. The summed E-state index contributed by atoms with van der Waals surface area (Å²) in [4.78, 5) is 15.1. The maximum Gasteiger partial charge on any atom is 0.164 e. The van der Waals surface area contributed by atoms with Crippen molar-refractivity contribution < 1.29 is 0 Å². The van der Waals surface area contributed by atoms with Gasteiger partial charge in [0.05, 0.1) is 0 Å². The van der Waals surface area contributed by atoms with Crippen LogP contribution in [0.25, 0.3) is 98.8 Å². The van der Waals surface area contributed by atoms with Gasteiger partial charge in [0.25, 0.3) is 0 Å². The molecule has 0 aliphatic carbocycles. The van der Waals surface area contributed by atoms with Crippen LogP contribution in [0, 0.1) is 0 Å². The lowest BCUT2D eigenvalue weighted by Gasteiger charge is -2.15. The molecule has 10 aromatic rings. The third kappa shape index (κ3) is 6.19. The van der Waals surface area contributed by atoms with Crippen molar-refractivity contribution in [2.24, 2.45) is 0 Å². The second kappa shape index (κ2) is 14.1. The van der Waals surface area contributed by atoms with Crippen LogP contribution in [0.15, 0.2) is 200 Å². The SMILES string of the molecule is c1ccc(-c2nc(-c3ccccc3)nc(-c3cccc4sc5ccc(-c6cccc(-c7ccccc7-c7ccccc7-c7ccccc7)c6)cc5c34)n2)cc1. The molecule has 0 aliphatic heterocycles. The topological polar surface area (TPSA) is 38.7 Å². The first kappa shape index (κ1) is 32.6. The van der Waals surface area contributed by atoms with Gasteiger partial charge in [-0.2, -0.15) is 0 Å². The van der Waals surface area contributed by atoms with Crippen LogP contribution in [0.3, 0.4) is 0 Å². The zero-order valence-electron chi connectivity index (χ0n) is 29.8. The molecular weight excluding hydrogens is 687 g/mol. The van der Waals surface area contributed by atoms with Crippen LogP contribution in [0.2, 0.25) is 0 Å². The minimum absolute atomic E-state index is 0.658. The predicted octanol–water partition coefficient (Wildman–Crippen LogP) is 13.9. The van der Waals surface area contributed by atoms with Gasteiger partial charge in [0.1, 0.15) is 0 Å². The number of hydrogen-bond acceptors (Lipinski definition) is 4. The second-order valence-corrected chi connectivity index (χ2v) is 14.7. The summed E-state index contributed by atoms with van der Waals surface area (Å²) in [6.45, 7) is 0. The normalized spacial score (nSPS) is 11.3. The van der Waals surface area contributed by atoms with Gasteiger partial charge >= 0.3 is 0 Å². The van der Waals surface area contributed by atoms with Crippen molar-refractivity contribution in [3.05, 3.63) is 200 Å². The largest absolute Gasteiger partial charge is 0.208 e. The fraction of sp³-hybridized carbons (Fsp3) is 0. The van der Waals surface area contributed by atoms with E-state index in [9.17, 15) is 0 Å². The molecule has 55 heavy (non-hydrogen) atoms. The third-order valence-electron chi connectivity index (χ3n) is 10.2. The summed E-state index contributed by atoms with van der Waals surface area (Å²) in [5, 5.41) is 2.35. The van der Waals surface area contributed by atoms with E-state index in [0.29, 0.717) is 17.5 Å². The first-order valence-corrected chi connectivity index (χ1v) is 19.3. The number of nitrogens with zero attached hydrogens (tertiary/aromatic N) is 3. The molecule has 0 aliphatic rings. The molecule has 3 nitrogen and oxygen atoms in total. The minimum Gasteiger partial charge on any atom is -0.208 e. The van der Waals surface area contributed by atoms with E-state index < -0.39 is 0 Å². The molecule has 2 heterocycles. The molecule has 0 N–H and O–H groups in total. The summed E-state index contributed by atoms with van der Waals surface area (Å²) in [7, 11) is 0. The summed E-state index contributed by atoms with van der Waals surface area (Å²) in [6.07, 6.45) is 0. The summed E-state index contributed by atoms with van der Waals surface area (Å²) in [6, 6.07) is 70.6. The fourth-order valence-electron chi connectivity index (χ4n) is 7.55. The molecule has 10 rings (SSSR count). The molecule has 0 radical (unpaired) electrons. The van der Waals surface area contributed by atoms with E-state index in [1.807, 2.05) is 36.4 Å². The molecule has 0 fully saturated rings. The van der Waals surface area contributed by atoms with Gasteiger partial charge in [-0.25, -0.2) is 15.0 Å². The molecule has 2 aromatic heterocycles. The van der Waals surface area contributed by atoms with E-state index in [4.69, 9.17) is 15.0 Å². The average molecular weight is 720 g/mol. The Balaban J connectivity index is 1.10. The van der Waals surface area contributed by atoms with Crippen molar-refractivity contribution >= 4 is 31.5 Å². The zero-order valence-corrected chi connectivity index (χ0v) is 30.6. The van der Waals surface area contributed by atoms with E-state index >= 15 is 0 Å². The van der Waals surface area contributed by atoms with Crippen LogP contribution >= 0.6 is 11.3 Å². The standard InChI is InChI=1S/C51H33N3S/c1-4-16-34(17-5-1)40-24-10-12-26-42(40)43-27-13-11-25-41(43)39-23-14-22-37(32-39)38-30-31-46-45(33-38)48-44(28-15-29-47(48)55-46)51-53-49(35-18-6-2-7-19-35)52-50(54-51)36-20-8-3-9-21-36/h1-33H. The zero-order chi connectivity index (χ0) is 36.6. The van der Waals surface area contributed by atoms with Gasteiger partial charge in [0.2, 0.25) is 0 Å². The van der Waals surface area contributed by atoms with E-state index in [1.54, 1.807) is 11.3 Å². The number of aromatic nitrogens is 3. The van der Waals surface area contributed by atoms with Crippen molar-refractivity contribution in [2.45, 2.75) is 0 Å². The van der Waals surface area contributed by atoms with Gasteiger partial charge < -0.3 is 0 Å². The summed E-state index contributed by atoms with van der Waals surface area (Å²) >= 11 is 1.80. The summed E-state index contributed by atoms with van der Waals surface area (Å²) in [5.41, 5.74) is 12.5.